The van der Waals surface area contributed by atoms with Crippen LogP contribution in [-0.2, 0) is 22.6 Å². The van der Waals surface area contributed by atoms with Gasteiger partial charge in [0.25, 0.3) is 0 Å². The van der Waals surface area contributed by atoms with Crippen LogP contribution in [0.1, 0.15) is 31.3 Å². The maximum atomic E-state index is 5.58. The average Bonchev–Trinajstić information content (AvgIpc) is 2.79. The third-order valence-electron chi connectivity index (χ3n) is 3.46. The van der Waals surface area contributed by atoms with E-state index in [1.54, 1.807) is 18.4 Å². The number of thiazole rings is 1. The molecule has 20 heavy (non-hydrogen) atoms. The first-order chi connectivity index (χ1) is 9.58. The van der Waals surface area contributed by atoms with Crippen LogP contribution in [0.15, 0.2) is 0 Å². The van der Waals surface area contributed by atoms with Gasteiger partial charge in [0.15, 0.2) is 5.13 Å². The van der Waals surface area contributed by atoms with Crippen LogP contribution in [0.25, 0.3) is 0 Å². The van der Waals surface area contributed by atoms with Gasteiger partial charge in [0, 0.05) is 25.1 Å². The Kier molecular flexibility index (Phi) is 5.37. The number of aromatic nitrogens is 1. The van der Waals surface area contributed by atoms with Crippen molar-refractivity contribution in [2.24, 2.45) is 0 Å². The van der Waals surface area contributed by atoms with Crippen molar-refractivity contribution in [2.45, 2.75) is 39.5 Å². The van der Waals surface area contributed by atoms with Gasteiger partial charge in [0.1, 0.15) is 0 Å². The summed E-state index contributed by atoms with van der Waals surface area (Å²) in [5.41, 5.74) is 1.05. The molecule has 5 nitrogen and oxygen atoms in total. The van der Waals surface area contributed by atoms with Crippen LogP contribution in [0.5, 0.6) is 0 Å². The predicted octanol–water partition coefficient (Wildman–Crippen LogP) is 2.01. The second-order valence-corrected chi connectivity index (χ2v) is 6.66. The van der Waals surface area contributed by atoms with Crippen molar-refractivity contribution in [3.05, 3.63) is 10.6 Å². The van der Waals surface area contributed by atoms with Crippen LogP contribution in [0.3, 0.4) is 0 Å². The largest absolute Gasteiger partial charge is 0.378 e. The van der Waals surface area contributed by atoms with Gasteiger partial charge in [-0.3, -0.25) is 0 Å². The molecule has 0 spiro atoms. The molecule has 1 aliphatic rings. The summed E-state index contributed by atoms with van der Waals surface area (Å²) >= 11 is 1.76. The summed E-state index contributed by atoms with van der Waals surface area (Å²) in [7, 11) is 1.72. The fourth-order valence-corrected chi connectivity index (χ4v) is 3.55. The lowest BCUT2D eigenvalue weighted by atomic mass is 10.0. The van der Waals surface area contributed by atoms with E-state index in [-0.39, 0.29) is 5.54 Å². The number of anilines is 1. The number of methoxy groups -OCH3 is 1. The van der Waals surface area contributed by atoms with Crippen molar-refractivity contribution in [2.75, 3.05) is 38.3 Å². The quantitative estimate of drug-likeness (QED) is 0.871. The highest BCUT2D eigenvalue weighted by molar-refractivity contribution is 7.15. The van der Waals surface area contributed by atoms with Crippen LogP contribution in [-0.4, -0.2) is 43.9 Å². The molecular weight excluding hydrogens is 274 g/mol. The number of hydrogen-bond acceptors (Lipinski definition) is 6. The average molecular weight is 299 g/mol. The number of nitrogens with one attached hydrogen (secondary N) is 1. The van der Waals surface area contributed by atoms with E-state index < -0.39 is 0 Å². The predicted molar refractivity (Wildman–Crippen MR) is 82.5 cm³/mol. The van der Waals surface area contributed by atoms with Gasteiger partial charge in [-0.05, 0) is 20.4 Å². The molecule has 1 fully saturated rings. The minimum absolute atomic E-state index is 0.00407. The normalized spacial score (nSPS) is 18.5. The second-order valence-electron chi connectivity index (χ2n) is 5.60. The van der Waals surface area contributed by atoms with Gasteiger partial charge in [0.2, 0.25) is 0 Å². The lowest BCUT2D eigenvalue weighted by molar-refractivity contribution is 0.0643. The third kappa shape index (κ3) is 3.49. The molecule has 6 heteroatoms. The molecule has 0 aliphatic carbocycles. The van der Waals surface area contributed by atoms with E-state index in [9.17, 15) is 0 Å². The van der Waals surface area contributed by atoms with Crippen LogP contribution in [0.4, 0.5) is 5.13 Å². The zero-order valence-corrected chi connectivity index (χ0v) is 13.7. The van der Waals surface area contributed by atoms with Gasteiger partial charge in [-0.25, -0.2) is 4.98 Å². The number of nitrogens with zero attached hydrogens (tertiary/aromatic N) is 2. The van der Waals surface area contributed by atoms with Gasteiger partial charge in [-0.2, -0.15) is 0 Å². The summed E-state index contributed by atoms with van der Waals surface area (Å²) in [6.45, 7) is 11.3. The Hall–Kier alpha value is -0.690. The van der Waals surface area contributed by atoms with E-state index in [1.807, 2.05) is 0 Å². The van der Waals surface area contributed by atoms with Crippen LogP contribution >= 0.6 is 11.3 Å². The minimum atomic E-state index is -0.00407. The lowest BCUT2D eigenvalue weighted by Gasteiger charge is -2.42. The van der Waals surface area contributed by atoms with Crippen molar-refractivity contribution in [3.63, 3.8) is 0 Å². The number of rotatable bonds is 6. The summed E-state index contributed by atoms with van der Waals surface area (Å²) in [5, 5.41) is 4.45. The molecular formula is C14H25N3O2S. The van der Waals surface area contributed by atoms with Gasteiger partial charge in [-0.1, -0.05) is 6.92 Å². The van der Waals surface area contributed by atoms with E-state index in [0.29, 0.717) is 6.61 Å². The number of hydrogen-bond donors (Lipinski definition) is 1. The summed E-state index contributed by atoms with van der Waals surface area (Å²) in [5.74, 6) is 0. The summed E-state index contributed by atoms with van der Waals surface area (Å²) < 4.78 is 10.9. The molecule has 1 N–H and O–H groups in total. The summed E-state index contributed by atoms with van der Waals surface area (Å²) in [6, 6.07) is 0. The zero-order valence-electron chi connectivity index (χ0n) is 12.9. The summed E-state index contributed by atoms with van der Waals surface area (Å²) in [4.78, 5) is 8.42. The first kappa shape index (κ1) is 15.7. The number of ether oxygens (including phenoxy) is 2. The van der Waals surface area contributed by atoms with Crippen molar-refractivity contribution in [3.8, 4) is 0 Å². The molecule has 2 heterocycles. The van der Waals surface area contributed by atoms with Crippen LogP contribution in [0.2, 0.25) is 0 Å². The molecule has 0 bridgehead atoms. The first-order valence-corrected chi connectivity index (χ1v) is 7.93. The van der Waals surface area contributed by atoms with Gasteiger partial charge >= 0.3 is 0 Å². The van der Waals surface area contributed by atoms with E-state index >= 15 is 0 Å². The Morgan fingerprint density at radius 3 is 2.95 bits per heavy atom. The molecule has 0 amide bonds. The number of morpholine rings is 1. The van der Waals surface area contributed by atoms with Crippen molar-refractivity contribution < 1.29 is 9.47 Å². The molecule has 0 radical (unpaired) electrons. The zero-order chi connectivity index (χ0) is 14.6. The molecule has 0 saturated carbocycles. The summed E-state index contributed by atoms with van der Waals surface area (Å²) in [6.07, 6.45) is 0. The smallest absolute Gasteiger partial charge is 0.186 e. The Bertz CT molecular complexity index is 434. The molecule has 1 aromatic heterocycles. The van der Waals surface area contributed by atoms with E-state index in [2.05, 4.69) is 31.0 Å². The molecule has 0 unspecified atom stereocenters. The van der Waals surface area contributed by atoms with Crippen molar-refractivity contribution in [1.29, 1.82) is 0 Å². The fourth-order valence-electron chi connectivity index (χ4n) is 2.32. The molecule has 1 aliphatic heterocycles. The minimum Gasteiger partial charge on any atom is -0.378 e. The Morgan fingerprint density at radius 1 is 1.50 bits per heavy atom. The topological polar surface area (TPSA) is 46.6 Å². The monoisotopic (exact) mass is 299 g/mol. The molecule has 2 rings (SSSR count). The maximum absolute atomic E-state index is 5.58. The Morgan fingerprint density at radius 2 is 2.30 bits per heavy atom. The fraction of sp³-hybridized carbons (Fsp3) is 0.786. The lowest BCUT2D eigenvalue weighted by Crippen LogP contribution is -2.53. The second kappa shape index (κ2) is 6.85. The van der Waals surface area contributed by atoms with Gasteiger partial charge in [-0.15, -0.1) is 11.3 Å². The standard InChI is InChI=1S/C14H25N3O2S/c1-5-15-8-12-11(9-18-4)16-13(20-12)17-6-7-19-10-14(17,2)3/h15H,5-10H2,1-4H3. The first-order valence-electron chi connectivity index (χ1n) is 7.12. The highest BCUT2D eigenvalue weighted by Gasteiger charge is 2.33. The van der Waals surface area contributed by atoms with Crippen LogP contribution < -0.4 is 10.2 Å². The Balaban J connectivity index is 2.22. The van der Waals surface area contributed by atoms with E-state index in [0.717, 1.165) is 43.7 Å². The molecule has 0 aromatic carbocycles. The highest BCUT2D eigenvalue weighted by atomic mass is 32.1. The van der Waals surface area contributed by atoms with E-state index in [4.69, 9.17) is 14.5 Å². The van der Waals surface area contributed by atoms with Crippen molar-refractivity contribution >= 4 is 16.5 Å². The molecule has 0 atom stereocenters. The molecule has 1 saturated heterocycles. The molecule has 114 valence electrons. The van der Waals surface area contributed by atoms with Crippen molar-refractivity contribution in [1.82, 2.24) is 10.3 Å². The van der Waals surface area contributed by atoms with E-state index in [1.165, 1.54) is 4.88 Å². The maximum Gasteiger partial charge on any atom is 0.186 e. The van der Waals surface area contributed by atoms with Gasteiger partial charge < -0.3 is 19.7 Å². The SMILES string of the molecule is CCNCc1sc(N2CCOCC2(C)C)nc1COC. The molecule has 1 aromatic rings. The highest BCUT2D eigenvalue weighted by Crippen LogP contribution is 2.33. The Labute approximate surface area is 125 Å². The van der Waals surface area contributed by atoms with Gasteiger partial charge in [0.05, 0.1) is 31.1 Å². The third-order valence-corrected chi connectivity index (χ3v) is 4.58. The van der Waals surface area contributed by atoms with Crippen LogP contribution in [0, 0.1) is 0 Å².